The van der Waals surface area contributed by atoms with E-state index in [0.717, 1.165) is 10.9 Å². The molecule has 0 aliphatic rings. The Morgan fingerprint density at radius 2 is 2.00 bits per heavy atom. The summed E-state index contributed by atoms with van der Waals surface area (Å²) in [5, 5.41) is 18.3. The van der Waals surface area contributed by atoms with E-state index in [1.807, 2.05) is 12.1 Å². The van der Waals surface area contributed by atoms with E-state index in [1.165, 1.54) is 10.9 Å². The van der Waals surface area contributed by atoms with Crippen molar-refractivity contribution in [3.05, 3.63) is 76.2 Å². The topological polar surface area (TPSA) is 138 Å². The van der Waals surface area contributed by atoms with Gasteiger partial charge in [0.2, 0.25) is 5.95 Å². The van der Waals surface area contributed by atoms with Crippen LogP contribution in [0.25, 0.3) is 22.2 Å². The first-order chi connectivity index (χ1) is 16.2. The van der Waals surface area contributed by atoms with Gasteiger partial charge in [-0.2, -0.15) is 20.1 Å². The average Bonchev–Trinajstić information content (AvgIpc) is 3.22. The lowest BCUT2D eigenvalue weighted by Gasteiger charge is -2.19. The SMILES string of the molecule is CC(C)(C)OC(=O)n1ncc2cc(C=NNc3nc(-c4ccccc4)c(C#N)c(=O)[nH]3)ccc21. The van der Waals surface area contributed by atoms with Gasteiger partial charge < -0.3 is 4.74 Å². The standard InChI is InChI=1S/C24H21N7O3/c1-24(2,3)34-23(33)31-19-10-9-15(11-17(19)14-27-31)13-26-30-22-28-20(16-7-5-4-6-8-16)18(12-25)21(32)29-22/h4-11,13-14H,1-3H3,(H2,28,29,30,32). The smallest absolute Gasteiger partial charge is 0.435 e. The third-order valence-electron chi connectivity index (χ3n) is 4.62. The van der Waals surface area contributed by atoms with Crippen LogP contribution in [0.5, 0.6) is 0 Å². The second-order valence-electron chi connectivity index (χ2n) is 8.34. The molecule has 0 unspecified atom stereocenters. The van der Waals surface area contributed by atoms with Crippen LogP contribution in [0, 0.1) is 11.3 Å². The Labute approximate surface area is 194 Å². The Kier molecular flexibility index (Phi) is 5.93. The highest BCUT2D eigenvalue weighted by Gasteiger charge is 2.20. The van der Waals surface area contributed by atoms with Crippen LogP contribution in [0.15, 0.2) is 64.6 Å². The molecule has 0 saturated carbocycles. The fourth-order valence-corrected chi connectivity index (χ4v) is 3.19. The summed E-state index contributed by atoms with van der Waals surface area (Å²) in [6.45, 7) is 5.37. The number of carbonyl (C=O) groups is 1. The van der Waals surface area contributed by atoms with Crippen LogP contribution in [-0.2, 0) is 4.74 Å². The van der Waals surface area contributed by atoms with Crippen LogP contribution in [-0.4, -0.2) is 37.7 Å². The maximum Gasteiger partial charge on any atom is 0.435 e. The number of nitrogens with zero attached hydrogens (tertiary/aromatic N) is 5. The van der Waals surface area contributed by atoms with Crippen LogP contribution >= 0.6 is 0 Å². The van der Waals surface area contributed by atoms with Crippen LogP contribution in [0.4, 0.5) is 10.7 Å². The fourth-order valence-electron chi connectivity index (χ4n) is 3.19. The minimum Gasteiger partial charge on any atom is -0.442 e. The number of ether oxygens (including phenoxy) is 1. The van der Waals surface area contributed by atoms with Crippen molar-refractivity contribution in [3.63, 3.8) is 0 Å². The molecular weight excluding hydrogens is 434 g/mol. The number of nitriles is 1. The molecule has 10 heteroatoms. The molecule has 0 aliphatic carbocycles. The summed E-state index contributed by atoms with van der Waals surface area (Å²) in [6.07, 6.45) is 2.54. The van der Waals surface area contributed by atoms with Crippen LogP contribution in [0.1, 0.15) is 31.9 Å². The molecule has 4 aromatic rings. The lowest BCUT2D eigenvalue weighted by molar-refractivity contribution is 0.0522. The third-order valence-corrected chi connectivity index (χ3v) is 4.62. The maximum absolute atomic E-state index is 12.3. The molecule has 2 heterocycles. The van der Waals surface area contributed by atoms with Gasteiger partial charge >= 0.3 is 6.09 Å². The number of rotatable bonds is 4. The molecule has 4 rings (SSSR count). The van der Waals surface area contributed by atoms with Gasteiger partial charge in [-0.1, -0.05) is 36.4 Å². The molecule has 0 spiro atoms. The Morgan fingerprint density at radius 1 is 1.24 bits per heavy atom. The largest absolute Gasteiger partial charge is 0.442 e. The normalized spacial score (nSPS) is 11.5. The second kappa shape index (κ2) is 8.99. The van der Waals surface area contributed by atoms with Gasteiger partial charge in [0, 0.05) is 10.9 Å². The van der Waals surface area contributed by atoms with E-state index in [4.69, 9.17) is 4.74 Å². The molecule has 0 aliphatic heterocycles. The summed E-state index contributed by atoms with van der Waals surface area (Å²) in [6, 6.07) is 16.2. The van der Waals surface area contributed by atoms with Crippen molar-refractivity contribution in [3.8, 4) is 17.3 Å². The zero-order valence-electron chi connectivity index (χ0n) is 18.7. The van der Waals surface area contributed by atoms with Gasteiger partial charge in [-0.25, -0.2) is 15.2 Å². The van der Waals surface area contributed by atoms with Crippen molar-refractivity contribution in [2.45, 2.75) is 26.4 Å². The highest BCUT2D eigenvalue weighted by Crippen LogP contribution is 2.20. The first kappa shape index (κ1) is 22.4. The third kappa shape index (κ3) is 4.83. The number of aromatic nitrogens is 4. The zero-order valence-corrected chi connectivity index (χ0v) is 18.7. The first-order valence-corrected chi connectivity index (χ1v) is 10.4. The van der Waals surface area contributed by atoms with Gasteiger partial charge in [0.05, 0.1) is 23.6 Å². The van der Waals surface area contributed by atoms with Crippen LogP contribution in [0.2, 0.25) is 0 Å². The summed E-state index contributed by atoms with van der Waals surface area (Å²) in [5.41, 5.74) is 3.65. The first-order valence-electron chi connectivity index (χ1n) is 10.4. The molecule has 0 fully saturated rings. The minimum atomic E-state index is -0.631. The van der Waals surface area contributed by atoms with Crippen LogP contribution < -0.4 is 11.0 Å². The average molecular weight is 455 g/mol. The summed E-state index contributed by atoms with van der Waals surface area (Å²) >= 11 is 0. The number of aromatic amines is 1. The predicted molar refractivity (Wildman–Crippen MR) is 128 cm³/mol. The number of hydrogen-bond acceptors (Lipinski definition) is 8. The molecule has 0 amide bonds. The molecule has 0 radical (unpaired) electrons. The number of carbonyl (C=O) groups excluding carboxylic acids is 1. The second-order valence-corrected chi connectivity index (χ2v) is 8.34. The number of hydrazone groups is 1. The molecule has 10 nitrogen and oxygen atoms in total. The summed E-state index contributed by atoms with van der Waals surface area (Å²) < 4.78 is 6.58. The van der Waals surface area contributed by atoms with Gasteiger partial charge in [-0.15, -0.1) is 0 Å². The molecule has 2 N–H and O–H groups in total. The lowest BCUT2D eigenvalue weighted by Crippen LogP contribution is -2.27. The van der Waals surface area contributed by atoms with Crippen molar-refractivity contribution in [1.82, 2.24) is 19.7 Å². The van der Waals surface area contributed by atoms with E-state index in [1.54, 1.807) is 69.4 Å². The quantitative estimate of drug-likeness (QED) is 0.352. The molecule has 170 valence electrons. The van der Waals surface area contributed by atoms with Crippen molar-refractivity contribution in [2.75, 3.05) is 5.43 Å². The number of nitrogens with one attached hydrogen (secondary N) is 2. The molecule has 34 heavy (non-hydrogen) atoms. The number of H-pyrrole nitrogens is 1. The molecule has 0 bridgehead atoms. The van der Waals surface area contributed by atoms with Crippen molar-refractivity contribution in [2.24, 2.45) is 5.10 Å². The zero-order chi connectivity index (χ0) is 24.3. The van der Waals surface area contributed by atoms with Crippen LogP contribution in [0.3, 0.4) is 0 Å². The summed E-state index contributed by atoms with van der Waals surface area (Å²) in [7, 11) is 0. The molecule has 2 aromatic heterocycles. The van der Waals surface area contributed by atoms with Gasteiger partial charge in [0.1, 0.15) is 17.2 Å². The molecule has 2 aromatic carbocycles. The molecule has 0 saturated heterocycles. The highest BCUT2D eigenvalue weighted by molar-refractivity contribution is 5.92. The number of hydrogen-bond donors (Lipinski definition) is 2. The van der Waals surface area contributed by atoms with E-state index in [2.05, 4.69) is 25.6 Å². The van der Waals surface area contributed by atoms with Crippen molar-refractivity contribution < 1.29 is 9.53 Å². The Hall–Kier alpha value is -4.78. The monoisotopic (exact) mass is 455 g/mol. The van der Waals surface area contributed by atoms with E-state index >= 15 is 0 Å². The number of fused-ring (bicyclic) bond motifs is 1. The summed E-state index contributed by atoms with van der Waals surface area (Å²) in [5.74, 6) is 0.0953. The Bertz CT molecular complexity index is 1490. The minimum absolute atomic E-state index is 0.0758. The lowest BCUT2D eigenvalue weighted by atomic mass is 10.1. The maximum atomic E-state index is 12.3. The van der Waals surface area contributed by atoms with E-state index in [0.29, 0.717) is 11.1 Å². The van der Waals surface area contributed by atoms with Gasteiger partial charge in [-0.05, 0) is 38.5 Å². The molecular formula is C24H21N7O3. The fraction of sp³-hybridized carbons (Fsp3) is 0.167. The number of anilines is 1. The molecule has 0 atom stereocenters. The number of benzene rings is 2. The Morgan fingerprint density at radius 3 is 2.71 bits per heavy atom. The van der Waals surface area contributed by atoms with Gasteiger partial charge in [0.25, 0.3) is 5.56 Å². The van der Waals surface area contributed by atoms with E-state index in [9.17, 15) is 14.9 Å². The van der Waals surface area contributed by atoms with Crippen molar-refractivity contribution in [1.29, 1.82) is 5.26 Å². The van der Waals surface area contributed by atoms with E-state index < -0.39 is 17.3 Å². The highest BCUT2D eigenvalue weighted by atomic mass is 16.6. The van der Waals surface area contributed by atoms with Gasteiger partial charge in [-0.3, -0.25) is 9.78 Å². The summed E-state index contributed by atoms with van der Waals surface area (Å²) in [4.78, 5) is 31.5. The van der Waals surface area contributed by atoms with E-state index in [-0.39, 0.29) is 17.2 Å². The Balaban J connectivity index is 1.55. The van der Waals surface area contributed by atoms with Crippen molar-refractivity contribution >= 4 is 29.2 Å². The van der Waals surface area contributed by atoms with Gasteiger partial charge in [0.15, 0.2) is 0 Å². The predicted octanol–water partition coefficient (Wildman–Crippen LogP) is 3.89.